The molecule has 0 spiro atoms. The average molecular weight is 253 g/mol. The second-order valence-corrected chi connectivity index (χ2v) is 5.32. The van der Waals surface area contributed by atoms with Gasteiger partial charge < -0.3 is 4.74 Å². The second-order valence-electron chi connectivity index (χ2n) is 5.32. The molecule has 3 rings (SSSR count). The van der Waals surface area contributed by atoms with Crippen molar-refractivity contribution in [2.24, 2.45) is 17.8 Å². The number of hydroxylamine groups is 2. The van der Waals surface area contributed by atoms with Gasteiger partial charge in [0, 0.05) is 12.8 Å². The fourth-order valence-electron chi connectivity index (χ4n) is 3.11. The molecule has 0 bridgehead atoms. The molecule has 2 aliphatic carbocycles. The first-order valence-electron chi connectivity index (χ1n) is 6.30. The first-order chi connectivity index (χ1) is 8.56. The van der Waals surface area contributed by atoms with Crippen molar-refractivity contribution in [2.45, 2.75) is 38.7 Å². The molecule has 18 heavy (non-hydrogen) atoms. The van der Waals surface area contributed by atoms with Gasteiger partial charge in [-0.3, -0.25) is 14.4 Å². The van der Waals surface area contributed by atoms with Crippen LogP contribution in [0.15, 0.2) is 0 Å². The molecule has 1 aliphatic heterocycles. The van der Waals surface area contributed by atoms with Gasteiger partial charge in [0.15, 0.2) is 0 Å². The molecule has 0 radical (unpaired) electrons. The summed E-state index contributed by atoms with van der Waals surface area (Å²) in [7, 11) is 0. The van der Waals surface area contributed by atoms with E-state index in [-0.39, 0.29) is 18.9 Å². The van der Waals surface area contributed by atoms with E-state index in [9.17, 15) is 14.4 Å². The van der Waals surface area contributed by atoms with Crippen LogP contribution in [0, 0.1) is 17.8 Å². The summed E-state index contributed by atoms with van der Waals surface area (Å²) in [5.74, 6) is 1.10. The third-order valence-corrected chi connectivity index (χ3v) is 4.26. The predicted octanol–water partition coefficient (Wildman–Crippen LogP) is 1.25. The van der Waals surface area contributed by atoms with Crippen molar-refractivity contribution in [3.05, 3.63) is 0 Å². The highest BCUT2D eigenvalue weighted by atomic mass is 16.8. The minimum atomic E-state index is -0.947. The zero-order valence-electron chi connectivity index (χ0n) is 10.1. The lowest BCUT2D eigenvalue weighted by Gasteiger charge is -2.16. The van der Waals surface area contributed by atoms with Crippen molar-refractivity contribution in [1.82, 2.24) is 5.06 Å². The van der Waals surface area contributed by atoms with E-state index in [1.807, 2.05) is 0 Å². The van der Waals surface area contributed by atoms with Crippen LogP contribution in [0.5, 0.6) is 0 Å². The molecule has 0 unspecified atom stereocenters. The quantitative estimate of drug-likeness (QED) is 0.547. The zero-order valence-corrected chi connectivity index (χ0v) is 10.1. The van der Waals surface area contributed by atoms with Crippen LogP contribution in [0.25, 0.3) is 0 Å². The van der Waals surface area contributed by atoms with Gasteiger partial charge in [-0.05, 0) is 30.6 Å². The third-order valence-electron chi connectivity index (χ3n) is 4.26. The molecule has 4 atom stereocenters. The summed E-state index contributed by atoms with van der Waals surface area (Å²) in [6.45, 7) is 2.20. The number of nitrogens with zero attached hydrogens (tertiary/aromatic N) is 1. The fourth-order valence-corrected chi connectivity index (χ4v) is 3.11. The number of amides is 2. The molecule has 0 N–H and O–H groups in total. The minimum Gasteiger partial charge on any atom is -0.429 e. The van der Waals surface area contributed by atoms with Crippen molar-refractivity contribution in [1.29, 1.82) is 0 Å². The van der Waals surface area contributed by atoms with Gasteiger partial charge in [0.1, 0.15) is 6.10 Å². The van der Waals surface area contributed by atoms with Crippen molar-refractivity contribution < 1.29 is 24.0 Å². The monoisotopic (exact) mass is 253 g/mol. The lowest BCUT2D eigenvalue weighted by molar-refractivity contribution is -0.178. The van der Waals surface area contributed by atoms with Gasteiger partial charge in [0.2, 0.25) is 0 Å². The first kappa shape index (κ1) is 11.5. The SMILES string of the molecule is C[C@H]1[C@H]2C[C@@H](OC(=O)ON3C(=O)CCC3=O)C[C@@H]12. The first-order valence-corrected chi connectivity index (χ1v) is 6.30. The predicted molar refractivity (Wildman–Crippen MR) is 57.8 cm³/mol. The van der Waals surface area contributed by atoms with Crippen LogP contribution < -0.4 is 0 Å². The maximum absolute atomic E-state index is 11.5. The molecule has 0 aromatic carbocycles. The van der Waals surface area contributed by atoms with E-state index in [0.717, 1.165) is 18.8 Å². The summed E-state index contributed by atoms with van der Waals surface area (Å²) in [6.07, 6.45) is 0.842. The third kappa shape index (κ3) is 1.85. The molecule has 6 heteroatoms. The van der Waals surface area contributed by atoms with E-state index >= 15 is 0 Å². The summed E-state index contributed by atoms with van der Waals surface area (Å²) < 4.78 is 5.11. The number of fused-ring (bicyclic) bond motifs is 1. The summed E-state index contributed by atoms with van der Waals surface area (Å²) in [5, 5.41) is 0.515. The molecule has 0 aromatic rings. The molecule has 1 saturated heterocycles. The summed E-state index contributed by atoms with van der Waals surface area (Å²) in [6, 6.07) is 0. The molecule has 2 saturated carbocycles. The Labute approximate surface area is 104 Å². The largest absolute Gasteiger partial charge is 0.534 e. The highest BCUT2D eigenvalue weighted by Gasteiger charge is 2.54. The van der Waals surface area contributed by atoms with Gasteiger partial charge in [0.05, 0.1) is 0 Å². The van der Waals surface area contributed by atoms with Crippen molar-refractivity contribution >= 4 is 18.0 Å². The average Bonchev–Trinajstić information content (AvgIpc) is 2.67. The van der Waals surface area contributed by atoms with Gasteiger partial charge in [-0.25, -0.2) is 4.79 Å². The number of hydrogen-bond donors (Lipinski definition) is 0. The smallest absolute Gasteiger partial charge is 0.429 e. The number of imide groups is 1. The van der Waals surface area contributed by atoms with E-state index in [4.69, 9.17) is 4.74 Å². The zero-order chi connectivity index (χ0) is 12.9. The standard InChI is InChI=1S/C12H15NO5/c1-6-8-4-7(5-9(6)8)17-12(16)18-13-10(14)2-3-11(13)15/h6-9H,2-5H2,1H3/t6-,7+,8+,9-. The van der Waals surface area contributed by atoms with Crippen LogP contribution in [0.4, 0.5) is 4.79 Å². The Bertz CT molecular complexity index is 393. The molecule has 3 fully saturated rings. The Morgan fingerprint density at radius 1 is 1.17 bits per heavy atom. The van der Waals surface area contributed by atoms with Crippen LogP contribution in [0.2, 0.25) is 0 Å². The minimum absolute atomic E-state index is 0.0944. The normalized spacial score (nSPS) is 37.7. The Morgan fingerprint density at radius 2 is 1.72 bits per heavy atom. The maximum atomic E-state index is 11.5. The van der Waals surface area contributed by atoms with Gasteiger partial charge in [-0.2, -0.15) is 0 Å². The molecular weight excluding hydrogens is 238 g/mol. The Kier molecular flexibility index (Phi) is 2.53. The molecule has 0 aromatic heterocycles. The maximum Gasteiger partial charge on any atom is 0.534 e. The van der Waals surface area contributed by atoms with Crippen molar-refractivity contribution in [2.75, 3.05) is 0 Å². The van der Waals surface area contributed by atoms with Gasteiger partial charge in [0.25, 0.3) is 11.8 Å². The van der Waals surface area contributed by atoms with Crippen molar-refractivity contribution in [3.63, 3.8) is 0 Å². The Balaban J connectivity index is 1.48. The van der Waals surface area contributed by atoms with E-state index in [2.05, 4.69) is 11.8 Å². The molecule has 2 amide bonds. The molecule has 6 nitrogen and oxygen atoms in total. The topological polar surface area (TPSA) is 72.9 Å². The Hall–Kier alpha value is -1.59. The lowest BCUT2D eigenvalue weighted by atomic mass is 10.1. The van der Waals surface area contributed by atoms with Crippen LogP contribution >= 0.6 is 0 Å². The fraction of sp³-hybridized carbons (Fsp3) is 0.750. The summed E-state index contributed by atoms with van der Waals surface area (Å²) in [5.41, 5.74) is 0. The molecule has 98 valence electrons. The highest BCUT2D eigenvalue weighted by Crippen LogP contribution is 2.57. The van der Waals surface area contributed by atoms with E-state index in [0.29, 0.717) is 16.9 Å². The number of carbonyl (C=O) groups is 3. The van der Waals surface area contributed by atoms with Gasteiger partial charge in [-0.15, -0.1) is 0 Å². The molecular formula is C12H15NO5. The number of rotatable bonds is 2. The highest BCUT2D eigenvalue weighted by molar-refractivity contribution is 6.01. The van der Waals surface area contributed by atoms with Crippen LogP contribution in [-0.4, -0.2) is 29.1 Å². The van der Waals surface area contributed by atoms with Crippen LogP contribution in [-0.2, 0) is 19.2 Å². The van der Waals surface area contributed by atoms with E-state index in [1.54, 1.807) is 0 Å². The van der Waals surface area contributed by atoms with Crippen molar-refractivity contribution in [3.8, 4) is 0 Å². The van der Waals surface area contributed by atoms with Crippen LogP contribution in [0.3, 0.4) is 0 Å². The number of ether oxygens (including phenoxy) is 1. The molecule has 3 aliphatic rings. The summed E-state index contributed by atoms with van der Waals surface area (Å²) >= 11 is 0. The lowest BCUT2D eigenvalue weighted by Crippen LogP contribution is -2.33. The second kappa shape index (κ2) is 3.96. The van der Waals surface area contributed by atoms with Crippen LogP contribution in [0.1, 0.15) is 32.6 Å². The van der Waals surface area contributed by atoms with E-state index < -0.39 is 18.0 Å². The Morgan fingerprint density at radius 3 is 2.28 bits per heavy atom. The molecule has 1 heterocycles. The van der Waals surface area contributed by atoms with Gasteiger partial charge in [-0.1, -0.05) is 12.0 Å². The van der Waals surface area contributed by atoms with E-state index in [1.165, 1.54) is 0 Å². The number of carbonyl (C=O) groups excluding carboxylic acids is 3. The summed E-state index contributed by atoms with van der Waals surface area (Å²) in [4.78, 5) is 38.6. The van der Waals surface area contributed by atoms with Gasteiger partial charge >= 0.3 is 6.16 Å². The number of hydrogen-bond acceptors (Lipinski definition) is 5.